The van der Waals surface area contributed by atoms with Crippen LogP contribution in [0.1, 0.15) is 51.1 Å². The summed E-state index contributed by atoms with van der Waals surface area (Å²) < 4.78 is 7.00. The minimum absolute atomic E-state index is 0.0666. The molecule has 0 spiro atoms. The minimum Gasteiger partial charge on any atom is -0.492 e. The Hall–Kier alpha value is -3.68. The molecule has 0 aliphatic heterocycles. The van der Waals surface area contributed by atoms with Gasteiger partial charge >= 0.3 is 0 Å². The van der Waals surface area contributed by atoms with Crippen LogP contribution >= 0.6 is 0 Å². The van der Waals surface area contributed by atoms with Gasteiger partial charge in [0.2, 0.25) is 11.8 Å². The first-order valence-electron chi connectivity index (χ1n) is 12.3. The fourth-order valence-corrected chi connectivity index (χ4v) is 4.53. The van der Waals surface area contributed by atoms with Gasteiger partial charge in [-0.15, -0.1) is 0 Å². The Balaban J connectivity index is 1.51. The Morgan fingerprint density at radius 1 is 1.03 bits per heavy atom. The number of nitrogens with zero attached hydrogens (tertiary/aromatic N) is 2. The number of anilines is 1. The van der Waals surface area contributed by atoms with Crippen LogP contribution in [0.5, 0.6) is 5.75 Å². The summed E-state index contributed by atoms with van der Waals surface area (Å²) in [4.78, 5) is 43.2. The maximum absolute atomic E-state index is 13.3. The summed E-state index contributed by atoms with van der Waals surface area (Å²) in [6, 6.07) is 14.6. The average molecular weight is 477 g/mol. The Kier molecular flexibility index (Phi) is 8.13. The Morgan fingerprint density at radius 3 is 2.57 bits per heavy atom. The molecule has 0 saturated heterocycles. The highest BCUT2D eigenvalue weighted by molar-refractivity contribution is 5.93. The lowest BCUT2D eigenvalue weighted by Crippen LogP contribution is -2.37. The summed E-state index contributed by atoms with van der Waals surface area (Å²) in [6.45, 7) is 2.17. The molecular formula is C27H32N4O4. The summed E-state index contributed by atoms with van der Waals surface area (Å²) >= 11 is 0. The van der Waals surface area contributed by atoms with Crippen molar-refractivity contribution in [2.24, 2.45) is 0 Å². The van der Waals surface area contributed by atoms with Crippen molar-refractivity contribution in [3.8, 4) is 5.75 Å². The first kappa shape index (κ1) is 24.4. The molecule has 4 rings (SSSR count). The van der Waals surface area contributed by atoms with Crippen LogP contribution < -0.4 is 20.9 Å². The van der Waals surface area contributed by atoms with E-state index in [0.717, 1.165) is 25.7 Å². The van der Waals surface area contributed by atoms with E-state index in [2.05, 4.69) is 15.6 Å². The number of rotatable bonds is 9. The molecule has 1 aromatic heterocycles. The van der Waals surface area contributed by atoms with E-state index in [1.165, 1.54) is 11.0 Å². The van der Waals surface area contributed by atoms with E-state index in [1.54, 1.807) is 30.3 Å². The van der Waals surface area contributed by atoms with Gasteiger partial charge < -0.3 is 15.4 Å². The van der Waals surface area contributed by atoms with Crippen molar-refractivity contribution in [3.05, 3.63) is 64.6 Å². The number of ether oxygens (including phenoxy) is 1. The third-order valence-electron chi connectivity index (χ3n) is 6.24. The Labute approximate surface area is 204 Å². The maximum atomic E-state index is 13.3. The van der Waals surface area contributed by atoms with Gasteiger partial charge in [0, 0.05) is 18.9 Å². The predicted octanol–water partition coefficient (Wildman–Crippen LogP) is 3.82. The molecule has 2 amide bonds. The SMILES string of the molecule is CCOc1ccccc1NC(=O)Cn1c(=O)c(CCC(=O)NC2CCCCC2)nc2ccccc21. The van der Waals surface area contributed by atoms with Crippen molar-refractivity contribution in [3.63, 3.8) is 0 Å². The number of para-hydroxylation sites is 4. The number of carbonyl (C=O) groups is 2. The zero-order valence-corrected chi connectivity index (χ0v) is 20.1. The lowest BCUT2D eigenvalue weighted by molar-refractivity contribution is -0.122. The number of aromatic nitrogens is 2. The molecule has 0 bridgehead atoms. The lowest BCUT2D eigenvalue weighted by Gasteiger charge is -2.22. The van der Waals surface area contributed by atoms with E-state index in [0.29, 0.717) is 29.1 Å². The maximum Gasteiger partial charge on any atom is 0.273 e. The van der Waals surface area contributed by atoms with Crippen molar-refractivity contribution in [2.45, 2.75) is 64.5 Å². The average Bonchev–Trinajstić information content (AvgIpc) is 2.86. The van der Waals surface area contributed by atoms with Gasteiger partial charge in [0.25, 0.3) is 5.56 Å². The Morgan fingerprint density at radius 2 is 1.77 bits per heavy atom. The van der Waals surface area contributed by atoms with Gasteiger partial charge in [-0.25, -0.2) is 4.98 Å². The fraction of sp³-hybridized carbons (Fsp3) is 0.407. The van der Waals surface area contributed by atoms with Crippen molar-refractivity contribution in [2.75, 3.05) is 11.9 Å². The van der Waals surface area contributed by atoms with Gasteiger partial charge in [0.15, 0.2) is 0 Å². The smallest absolute Gasteiger partial charge is 0.273 e. The standard InChI is InChI=1S/C27H32N4O4/c1-2-35-24-15-9-7-13-21(24)30-26(33)18-31-23-14-8-6-12-20(23)29-22(27(31)34)16-17-25(32)28-19-10-4-3-5-11-19/h6-9,12-15,19H,2-5,10-11,16-18H2,1H3,(H,28,32)(H,30,33). The van der Waals surface area contributed by atoms with E-state index < -0.39 is 0 Å². The highest BCUT2D eigenvalue weighted by Crippen LogP contribution is 2.24. The van der Waals surface area contributed by atoms with E-state index in [1.807, 2.05) is 25.1 Å². The van der Waals surface area contributed by atoms with Crippen LogP contribution in [0.3, 0.4) is 0 Å². The molecule has 2 N–H and O–H groups in total. The molecule has 1 heterocycles. The molecular weight excluding hydrogens is 444 g/mol. The highest BCUT2D eigenvalue weighted by atomic mass is 16.5. The van der Waals surface area contributed by atoms with Gasteiger partial charge in [0.05, 0.1) is 23.3 Å². The second kappa shape index (κ2) is 11.6. The predicted molar refractivity (Wildman–Crippen MR) is 136 cm³/mol. The van der Waals surface area contributed by atoms with E-state index >= 15 is 0 Å². The van der Waals surface area contributed by atoms with Crippen LogP contribution in [-0.2, 0) is 22.6 Å². The molecule has 0 radical (unpaired) electrons. The molecule has 1 saturated carbocycles. The van der Waals surface area contributed by atoms with Crippen molar-refractivity contribution < 1.29 is 14.3 Å². The molecule has 3 aromatic rings. The number of fused-ring (bicyclic) bond motifs is 1. The molecule has 0 atom stereocenters. The minimum atomic E-state index is -0.359. The van der Waals surface area contributed by atoms with Gasteiger partial charge in [-0.2, -0.15) is 0 Å². The number of hydrogen-bond acceptors (Lipinski definition) is 5. The van der Waals surface area contributed by atoms with Crippen LogP contribution in [0.15, 0.2) is 53.3 Å². The van der Waals surface area contributed by atoms with Crippen LogP contribution in [0.4, 0.5) is 5.69 Å². The molecule has 184 valence electrons. The molecule has 2 aromatic carbocycles. The zero-order chi connectivity index (χ0) is 24.6. The molecule has 1 fully saturated rings. The topological polar surface area (TPSA) is 102 Å². The van der Waals surface area contributed by atoms with Gasteiger partial charge in [-0.05, 0) is 44.0 Å². The van der Waals surface area contributed by atoms with Gasteiger partial charge in [0.1, 0.15) is 18.0 Å². The van der Waals surface area contributed by atoms with E-state index in [-0.39, 0.29) is 48.5 Å². The normalized spacial score (nSPS) is 14.0. The summed E-state index contributed by atoms with van der Waals surface area (Å²) in [6.07, 6.45) is 5.92. The van der Waals surface area contributed by atoms with Gasteiger partial charge in [-0.3, -0.25) is 19.0 Å². The molecule has 35 heavy (non-hydrogen) atoms. The number of carbonyl (C=O) groups excluding carboxylic acids is 2. The highest BCUT2D eigenvalue weighted by Gasteiger charge is 2.18. The summed E-state index contributed by atoms with van der Waals surface area (Å²) in [5.74, 6) is 0.152. The number of amides is 2. The van der Waals surface area contributed by atoms with E-state index in [9.17, 15) is 14.4 Å². The first-order valence-corrected chi connectivity index (χ1v) is 12.3. The van der Waals surface area contributed by atoms with Gasteiger partial charge in [-0.1, -0.05) is 43.5 Å². The van der Waals surface area contributed by atoms with Crippen LogP contribution in [0.25, 0.3) is 11.0 Å². The fourth-order valence-electron chi connectivity index (χ4n) is 4.53. The van der Waals surface area contributed by atoms with Crippen LogP contribution in [0, 0.1) is 0 Å². The van der Waals surface area contributed by atoms with Crippen molar-refractivity contribution in [1.29, 1.82) is 0 Å². The molecule has 0 unspecified atom stereocenters. The Bertz CT molecular complexity index is 1250. The van der Waals surface area contributed by atoms with Crippen molar-refractivity contribution in [1.82, 2.24) is 14.9 Å². The first-order chi connectivity index (χ1) is 17.0. The number of hydrogen-bond donors (Lipinski definition) is 2. The number of nitrogens with one attached hydrogen (secondary N) is 2. The molecule has 8 nitrogen and oxygen atoms in total. The summed E-state index contributed by atoms with van der Waals surface area (Å²) in [7, 11) is 0. The second-order valence-corrected chi connectivity index (χ2v) is 8.82. The van der Waals surface area contributed by atoms with E-state index in [4.69, 9.17) is 4.74 Å². The third kappa shape index (κ3) is 6.26. The third-order valence-corrected chi connectivity index (χ3v) is 6.24. The number of benzene rings is 2. The molecule has 8 heteroatoms. The lowest BCUT2D eigenvalue weighted by atomic mass is 9.95. The van der Waals surface area contributed by atoms with Crippen LogP contribution in [0.2, 0.25) is 0 Å². The zero-order valence-electron chi connectivity index (χ0n) is 20.1. The van der Waals surface area contributed by atoms with Crippen molar-refractivity contribution >= 4 is 28.5 Å². The molecule has 1 aliphatic rings. The largest absolute Gasteiger partial charge is 0.492 e. The quantitative estimate of drug-likeness (QED) is 0.489. The monoisotopic (exact) mass is 476 g/mol. The summed E-state index contributed by atoms with van der Waals surface area (Å²) in [5.41, 5.74) is 1.65. The van der Waals surface area contributed by atoms with Crippen LogP contribution in [-0.4, -0.2) is 34.0 Å². The second-order valence-electron chi connectivity index (χ2n) is 8.82. The number of aryl methyl sites for hydroxylation is 1. The molecule has 1 aliphatic carbocycles. The summed E-state index contributed by atoms with van der Waals surface area (Å²) in [5, 5.41) is 5.93.